The number of carboxylic acids is 4. The maximum absolute atomic E-state index is 10.6. The number of epoxide rings is 1. The van der Waals surface area contributed by atoms with Crippen LogP contribution in [0.15, 0.2) is 22.3 Å². The second kappa shape index (κ2) is 16.6. The Morgan fingerprint density at radius 1 is 0.274 bits per heavy atom. The van der Waals surface area contributed by atoms with E-state index in [1.165, 1.54) is 0 Å². The van der Waals surface area contributed by atoms with E-state index in [1.54, 1.807) is 283 Å². The normalized spacial score (nSPS) is 30.3. The number of nitrogens with zero attached hydrogens (tertiary/aromatic N) is 4. The van der Waals surface area contributed by atoms with E-state index in [-0.39, 0.29) is 36.0 Å². The third-order valence-electron chi connectivity index (χ3n) is 34.4. The number of piperidine rings is 4. The molecule has 17 nitrogen and oxygen atoms in total. The summed E-state index contributed by atoms with van der Waals surface area (Å²) in [6, 6.07) is 0.794. The largest absolute Gasteiger partial charge is 0.490 e. The Labute approximate surface area is 640 Å². The first-order valence-corrected chi connectivity index (χ1v) is 40.1. The van der Waals surface area contributed by atoms with Crippen LogP contribution in [0.25, 0.3) is 205 Å². The van der Waals surface area contributed by atoms with Crippen molar-refractivity contribution in [2.24, 2.45) is 22.9 Å². The minimum Gasteiger partial charge on any atom is -0.475 e. The van der Waals surface area contributed by atoms with E-state index < -0.39 is 81.9 Å². The van der Waals surface area contributed by atoms with Crippen LogP contribution >= 0.6 is 0 Å². The Kier molecular flexibility index (Phi) is 8.95. The lowest BCUT2D eigenvalue weighted by molar-refractivity contribution is -0.193. The lowest BCUT2D eigenvalue weighted by Crippen LogP contribution is -2.68. The average Bonchev–Trinajstić information content (AvgIpc) is 1.35. The second-order valence-corrected chi connectivity index (χ2v) is 37.5. The molecule has 20 aromatic carbocycles. The Morgan fingerprint density at radius 3 is 0.821 bits per heavy atom. The highest BCUT2D eigenvalue weighted by Gasteiger charge is 2.97. The number of nitrogens with two attached hydrogens (primary N) is 4. The third kappa shape index (κ3) is 4.99. The fraction of sp³-hybridized carbons (Fsp3) is 0.364. The molecular weight excluding hydrogens is 1540 g/mol. The van der Waals surface area contributed by atoms with Crippen molar-refractivity contribution in [3.63, 3.8) is 0 Å². The molecule has 12 N–H and O–H groups in total. The summed E-state index contributed by atoms with van der Waals surface area (Å²) < 4.78 is 136. The standard InChI is InChI=1S/C80H46N8O.4C2HF3O2/c81-17-1-9-85(10-2-17)75-61-51-41-31-26-21-22-24-25-23(21)28-34-32(26)42(41)52-54-44(34)46-36(28)38-30(25)40-39-29(24)37-35-27(22)33(31)43-45(35)55-57-47(37)49(39)59-60-50(40)48(38)58-56(46)66-64(54)76(62(52)61,86-11-3-18(82)4-12-86)72-71(75)73-77(65(55)63(75)53(43)51,87-13-5-19(83)6-14-87)67(57)69(59)79-70(60)68(58)78(66,74(72)80(73,79)89-79)88-15-7-20(84)8-16-88;4*3-2(4,5)1(6)7/h17-20,63,65H,1-16,81-84H2;4*(H,6,7). The zero-order valence-corrected chi connectivity index (χ0v) is 60.2. The van der Waals surface area contributed by atoms with Crippen LogP contribution in [0, 0.1) is 0 Å². The molecule has 8 unspecified atom stereocenters. The van der Waals surface area contributed by atoms with Gasteiger partial charge in [-0.2, -0.15) is 52.7 Å². The molecule has 17 aliphatic rings. The van der Waals surface area contributed by atoms with Gasteiger partial charge in [-0.15, -0.1) is 0 Å². The van der Waals surface area contributed by atoms with Crippen molar-refractivity contribution in [3.05, 3.63) is 77.9 Å². The first-order chi connectivity index (χ1) is 55.7. The van der Waals surface area contributed by atoms with Gasteiger partial charge in [-0.25, -0.2) is 19.2 Å². The molecule has 580 valence electrons. The summed E-state index contributed by atoms with van der Waals surface area (Å²) in [5.41, 5.74) is 50.5. The van der Waals surface area contributed by atoms with Crippen molar-refractivity contribution in [2.45, 2.75) is 145 Å². The summed E-state index contributed by atoms with van der Waals surface area (Å²) in [6.45, 7) is 8.05. The zero-order chi connectivity index (χ0) is 79.1. The van der Waals surface area contributed by atoms with E-state index in [0.717, 1.165) is 104 Å². The molecule has 0 saturated carbocycles. The van der Waals surface area contributed by atoms with Gasteiger partial charge in [-0.1, -0.05) is 0 Å². The molecule has 0 bridgehead atoms. The predicted octanol–water partition coefficient (Wildman–Crippen LogP) is 15.0. The molecule has 5 fully saturated rings. The monoisotopic (exact) mass is 1590 g/mol. The summed E-state index contributed by atoms with van der Waals surface area (Å²) >= 11 is 0. The van der Waals surface area contributed by atoms with Gasteiger partial charge in [0.25, 0.3) is 0 Å². The van der Waals surface area contributed by atoms with E-state index in [4.69, 9.17) is 62.5 Å². The van der Waals surface area contributed by atoms with E-state index in [1.807, 2.05) is 0 Å². The van der Waals surface area contributed by atoms with Crippen molar-refractivity contribution in [1.29, 1.82) is 0 Å². The molecule has 5 saturated heterocycles. The van der Waals surface area contributed by atoms with Crippen molar-refractivity contribution in [3.8, 4) is 0 Å². The van der Waals surface area contributed by atoms with Gasteiger partial charge in [0.05, 0.1) is 22.2 Å². The molecule has 2 spiro atoms. The van der Waals surface area contributed by atoms with E-state index >= 15 is 0 Å². The SMILES string of the molecule is NC1CCN(C23C4=C5C6(N7CCC(N)CC7)c7c2c2c8c3c3c9c%10c%11c%12c%13c%14c%15c%16c%17c%18c(c6c6c7c7c2c2c%19c8c9c8c%11c9c%12c%11c%14c%17c%12c%14c%18c6c6c7c2c2c(c8%19)c9c(c%11%12)c2c%146)C%162OC52C2=C4C3(N3CCC(N)CC3)C%10C%13C2%15N2CCC(N)CC2)CC1.O=C(O)C(F)(F)F.O=C(O)C(F)(F)F.O=C(O)C(F)(F)F.O=C(O)C(F)(F)F. The number of aliphatic carboxylic acids is 4. The van der Waals surface area contributed by atoms with Gasteiger partial charge >= 0.3 is 48.6 Å². The number of alkyl halides is 12. The van der Waals surface area contributed by atoms with Crippen LogP contribution in [0.4, 0.5) is 52.7 Å². The molecular formula is C88H50F12N8O9. The number of hydrogen-bond donors (Lipinski definition) is 8. The van der Waals surface area contributed by atoms with Gasteiger partial charge in [0, 0.05) is 111 Å². The topological polar surface area (TPSA) is 279 Å². The maximum Gasteiger partial charge on any atom is 0.490 e. The number of halogens is 12. The highest BCUT2D eigenvalue weighted by atomic mass is 19.4. The van der Waals surface area contributed by atoms with Crippen LogP contribution in [0.2, 0.25) is 0 Å². The molecule has 0 radical (unpaired) electrons. The number of hydrogen-bond acceptors (Lipinski definition) is 13. The molecule has 5 aliphatic heterocycles. The minimum atomic E-state index is -5.08. The number of likely N-dealkylation sites (tertiary alicyclic amines) is 4. The lowest BCUT2D eigenvalue weighted by atomic mass is 9.46. The van der Waals surface area contributed by atoms with Gasteiger partial charge in [0.1, 0.15) is 0 Å². The number of carbonyl (C=O) groups is 4. The van der Waals surface area contributed by atoms with Crippen molar-refractivity contribution >= 4 is 229 Å². The van der Waals surface area contributed by atoms with E-state index in [9.17, 15) is 57.4 Å². The molecule has 37 rings (SSSR count). The Morgan fingerprint density at radius 2 is 0.496 bits per heavy atom. The molecule has 29 heteroatoms. The Hall–Kier alpha value is -10.1. The number of rotatable bonds is 4. The van der Waals surface area contributed by atoms with Crippen LogP contribution in [-0.2, 0) is 51.7 Å². The molecule has 0 aromatic heterocycles. The van der Waals surface area contributed by atoms with Crippen molar-refractivity contribution < 1.29 is 97.0 Å². The second-order valence-electron chi connectivity index (χ2n) is 37.5. The lowest BCUT2D eigenvalue weighted by Gasteiger charge is -2.66. The number of carboxylic acid groups (broad SMARTS) is 4. The zero-order valence-electron chi connectivity index (χ0n) is 60.2. The first-order valence-electron chi connectivity index (χ1n) is 40.1. The van der Waals surface area contributed by atoms with Gasteiger partial charge in [-0.3, -0.25) is 19.6 Å². The molecule has 20 aromatic rings. The molecule has 8 atom stereocenters. The molecule has 0 amide bonds. The van der Waals surface area contributed by atoms with Crippen LogP contribution < -0.4 is 22.9 Å². The van der Waals surface area contributed by atoms with Crippen LogP contribution in [0.3, 0.4) is 0 Å². The molecule has 117 heavy (non-hydrogen) atoms. The molecule has 12 aliphatic carbocycles. The molecule has 5 heterocycles. The van der Waals surface area contributed by atoms with Gasteiger partial charge in [-0.05, 0) is 312 Å². The van der Waals surface area contributed by atoms with Gasteiger partial charge in [0.15, 0.2) is 11.2 Å². The van der Waals surface area contributed by atoms with Crippen LogP contribution in [-0.4, -0.2) is 171 Å². The quantitative estimate of drug-likeness (QED) is 0.0462. The Bertz CT molecular complexity index is 8330. The fourth-order valence-electron chi connectivity index (χ4n) is 32.5. The first kappa shape index (κ1) is 63.1. The maximum atomic E-state index is 10.6. The summed E-state index contributed by atoms with van der Waals surface area (Å²) in [7, 11) is 0. The highest BCUT2D eigenvalue weighted by Crippen LogP contribution is 2.98. The van der Waals surface area contributed by atoms with Gasteiger partial charge in [0.2, 0.25) is 0 Å². The minimum absolute atomic E-state index is 0.193. The summed E-state index contributed by atoms with van der Waals surface area (Å²) in [5.74, 6) is -10.6. The number of ether oxygens (including phenoxy) is 1. The third-order valence-corrected chi connectivity index (χ3v) is 34.4. The average molecular weight is 1590 g/mol. The summed E-state index contributed by atoms with van der Waals surface area (Å²) in [4.78, 5) is 48.5. The smallest absolute Gasteiger partial charge is 0.475 e. The van der Waals surface area contributed by atoms with Gasteiger partial charge < -0.3 is 48.1 Å². The van der Waals surface area contributed by atoms with E-state index in [0.29, 0.717) is 0 Å². The van der Waals surface area contributed by atoms with Crippen molar-refractivity contribution in [1.82, 2.24) is 19.6 Å². The Balaban J connectivity index is 0.000000208. The predicted molar refractivity (Wildman–Crippen MR) is 408 cm³/mol. The summed E-state index contributed by atoms with van der Waals surface area (Å²) in [6.07, 6.45) is -12.1. The van der Waals surface area contributed by atoms with Crippen molar-refractivity contribution in [2.75, 3.05) is 52.4 Å². The van der Waals surface area contributed by atoms with Crippen LogP contribution in [0.5, 0.6) is 0 Å². The van der Waals surface area contributed by atoms with Crippen LogP contribution in [0.1, 0.15) is 119 Å². The fourth-order valence-corrected chi connectivity index (χ4v) is 32.5. The summed E-state index contributed by atoms with van der Waals surface area (Å²) in [5, 5.41) is 91.9. The number of benzene rings is 14. The highest BCUT2D eigenvalue weighted by molar-refractivity contribution is 6.76. The van der Waals surface area contributed by atoms with E-state index in [2.05, 4.69) is 19.6 Å².